The van der Waals surface area contributed by atoms with E-state index in [1.807, 2.05) is 50.5 Å². The number of pyridine rings is 2. The Bertz CT molecular complexity index is 1610. The second-order valence-corrected chi connectivity index (χ2v) is 7.84. The summed E-state index contributed by atoms with van der Waals surface area (Å²) in [4.78, 5) is 11.8. The summed E-state index contributed by atoms with van der Waals surface area (Å²) >= 11 is 0. The van der Waals surface area contributed by atoms with Gasteiger partial charge in [0.1, 0.15) is 11.4 Å². The molecule has 0 spiro atoms. The monoisotopic (exact) mass is 448 g/mol. The zero-order valence-corrected chi connectivity index (χ0v) is 18.9. The first kappa shape index (κ1) is 21.2. The van der Waals surface area contributed by atoms with Crippen molar-refractivity contribution in [2.75, 3.05) is 7.05 Å². The Kier molecular flexibility index (Phi) is 5.66. The number of H-pyrrole nitrogens is 2. The van der Waals surface area contributed by atoms with Gasteiger partial charge in [-0.05, 0) is 60.0 Å². The fourth-order valence-corrected chi connectivity index (χ4v) is 4.11. The van der Waals surface area contributed by atoms with E-state index >= 15 is 0 Å². The first-order valence-electron chi connectivity index (χ1n) is 10.9. The quantitative estimate of drug-likeness (QED) is 0.329. The largest absolute Gasteiger partial charge is 0.506 e. The number of fused-ring (bicyclic) bond motifs is 1. The van der Waals surface area contributed by atoms with Crippen molar-refractivity contribution < 1.29 is 5.11 Å². The van der Waals surface area contributed by atoms with Gasteiger partial charge in [-0.25, -0.2) is 0 Å². The van der Waals surface area contributed by atoms with Crippen LogP contribution in [-0.2, 0) is 0 Å². The Morgan fingerprint density at radius 3 is 2.68 bits per heavy atom. The molecular formula is C27H24N6O. The van der Waals surface area contributed by atoms with Crippen LogP contribution in [0.3, 0.4) is 0 Å². The molecule has 0 aliphatic heterocycles. The van der Waals surface area contributed by atoms with Gasteiger partial charge in [0.25, 0.3) is 0 Å². The van der Waals surface area contributed by atoms with E-state index in [9.17, 15) is 5.11 Å². The lowest BCUT2D eigenvalue weighted by atomic mass is 10.0. The van der Waals surface area contributed by atoms with E-state index in [4.69, 9.17) is 0 Å². The van der Waals surface area contributed by atoms with Gasteiger partial charge in [0.2, 0.25) is 0 Å². The molecule has 4 heterocycles. The lowest BCUT2D eigenvalue weighted by Crippen LogP contribution is -2.23. The predicted molar refractivity (Wildman–Crippen MR) is 136 cm³/mol. The molecule has 34 heavy (non-hydrogen) atoms. The van der Waals surface area contributed by atoms with Crippen molar-refractivity contribution in [1.29, 1.82) is 0 Å². The minimum atomic E-state index is 0.113. The second kappa shape index (κ2) is 9.07. The van der Waals surface area contributed by atoms with Gasteiger partial charge in [-0.3, -0.25) is 15.1 Å². The van der Waals surface area contributed by atoms with Gasteiger partial charge in [-0.2, -0.15) is 5.10 Å². The zero-order chi connectivity index (χ0) is 23.5. The lowest BCUT2D eigenvalue weighted by Gasteiger charge is -2.03. The van der Waals surface area contributed by atoms with Crippen LogP contribution in [0.25, 0.3) is 51.1 Å². The third-order valence-electron chi connectivity index (χ3n) is 5.69. The minimum absolute atomic E-state index is 0.113. The number of benzene rings is 1. The van der Waals surface area contributed by atoms with Crippen molar-refractivity contribution in [2.45, 2.75) is 6.92 Å². The second-order valence-electron chi connectivity index (χ2n) is 7.84. The van der Waals surface area contributed by atoms with Crippen LogP contribution in [0.15, 0.2) is 73.5 Å². The Morgan fingerprint density at radius 2 is 1.91 bits per heavy atom. The molecule has 0 unspecified atom stereocenters. The molecule has 0 fully saturated rings. The highest BCUT2D eigenvalue weighted by Crippen LogP contribution is 2.31. The molecule has 5 aromatic rings. The van der Waals surface area contributed by atoms with Crippen molar-refractivity contribution in [3.05, 3.63) is 89.6 Å². The van der Waals surface area contributed by atoms with Crippen LogP contribution in [-0.4, -0.2) is 37.3 Å². The molecule has 0 aliphatic rings. The molecule has 0 atom stereocenters. The Balaban J connectivity index is 1.70. The molecule has 4 N–H and O–H groups in total. The highest BCUT2D eigenvalue weighted by atomic mass is 16.3. The Morgan fingerprint density at radius 1 is 1.06 bits per heavy atom. The van der Waals surface area contributed by atoms with Crippen LogP contribution in [0, 0.1) is 0 Å². The van der Waals surface area contributed by atoms with Crippen molar-refractivity contribution >= 4 is 28.6 Å². The molecule has 0 radical (unpaired) electrons. The van der Waals surface area contributed by atoms with Crippen molar-refractivity contribution in [3.8, 4) is 28.3 Å². The number of nitrogens with one attached hydrogen (secondary N) is 3. The molecule has 0 saturated carbocycles. The minimum Gasteiger partial charge on any atom is -0.506 e. The molecule has 0 aliphatic carbocycles. The van der Waals surface area contributed by atoms with Gasteiger partial charge in [-0.1, -0.05) is 18.2 Å². The van der Waals surface area contributed by atoms with Crippen LogP contribution in [0.4, 0.5) is 0 Å². The fourth-order valence-electron chi connectivity index (χ4n) is 4.11. The molecule has 1 aromatic carbocycles. The predicted octanol–water partition coefficient (Wildman–Crippen LogP) is 3.56. The number of hydrogen-bond donors (Lipinski definition) is 4. The molecule has 4 aromatic heterocycles. The van der Waals surface area contributed by atoms with Crippen LogP contribution >= 0.6 is 0 Å². The van der Waals surface area contributed by atoms with E-state index in [0.29, 0.717) is 0 Å². The van der Waals surface area contributed by atoms with Crippen LogP contribution in [0.2, 0.25) is 0 Å². The first-order valence-corrected chi connectivity index (χ1v) is 10.9. The summed E-state index contributed by atoms with van der Waals surface area (Å²) in [6.45, 7) is 1.97. The Hall–Kier alpha value is -4.65. The first-order chi connectivity index (χ1) is 16.7. The van der Waals surface area contributed by atoms with E-state index in [1.165, 1.54) is 6.20 Å². The SMILES string of the molecule is C\C=c1/[nH]nc(-c2cc3c(-c4ccncc4)cccc3[nH]2)/c1=C/C(=C\NC)c1cncc(O)c1. The van der Waals surface area contributed by atoms with E-state index in [0.717, 1.165) is 55.1 Å². The number of rotatable bonds is 5. The van der Waals surface area contributed by atoms with Crippen molar-refractivity contribution in [2.24, 2.45) is 0 Å². The molecule has 0 amide bonds. The van der Waals surface area contributed by atoms with E-state index in [2.05, 4.69) is 48.7 Å². The van der Waals surface area contributed by atoms with Crippen LogP contribution < -0.4 is 15.9 Å². The number of aromatic hydroxyl groups is 1. The summed E-state index contributed by atoms with van der Waals surface area (Å²) in [5.74, 6) is 0.113. The number of hydrogen-bond acceptors (Lipinski definition) is 5. The smallest absolute Gasteiger partial charge is 0.134 e. The number of allylic oxidation sites excluding steroid dienone is 1. The average Bonchev–Trinajstić information content (AvgIpc) is 3.48. The summed E-state index contributed by atoms with van der Waals surface area (Å²) in [6, 6.07) is 14.1. The molecule has 0 bridgehead atoms. The third kappa shape index (κ3) is 3.95. The summed E-state index contributed by atoms with van der Waals surface area (Å²) < 4.78 is 0. The van der Waals surface area contributed by atoms with E-state index in [-0.39, 0.29) is 5.75 Å². The lowest BCUT2D eigenvalue weighted by molar-refractivity contribution is 0.472. The van der Waals surface area contributed by atoms with Crippen LogP contribution in [0.5, 0.6) is 5.75 Å². The van der Waals surface area contributed by atoms with Crippen LogP contribution in [0.1, 0.15) is 12.5 Å². The molecule has 0 saturated heterocycles. The molecule has 168 valence electrons. The highest BCUT2D eigenvalue weighted by Gasteiger charge is 2.13. The maximum absolute atomic E-state index is 9.93. The number of aromatic amines is 2. The van der Waals surface area contributed by atoms with Gasteiger partial charge in [0, 0.05) is 53.5 Å². The van der Waals surface area contributed by atoms with Crippen molar-refractivity contribution in [1.82, 2.24) is 30.5 Å². The summed E-state index contributed by atoms with van der Waals surface area (Å²) in [5, 5.41) is 23.8. The van der Waals surface area contributed by atoms with E-state index < -0.39 is 0 Å². The zero-order valence-electron chi connectivity index (χ0n) is 18.9. The van der Waals surface area contributed by atoms with E-state index in [1.54, 1.807) is 24.7 Å². The van der Waals surface area contributed by atoms with Gasteiger partial charge in [0.15, 0.2) is 0 Å². The normalized spacial score (nSPS) is 13.1. The number of aromatic nitrogens is 5. The van der Waals surface area contributed by atoms with Gasteiger partial charge < -0.3 is 15.4 Å². The topological polar surface area (TPSA) is 103 Å². The Labute approximate surface area is 196 Å². The molecule has 5 rings (SSSR count). The fraction of sp³-hybridized carbons (Fsp3) is 0.0741. The summed E-state index contributed by atoms with van der Waals surface area (Å²) in [7, 11) is 1.84. The summed E-state index contributed by atoms with van der Waals surface area (Å²) in [6.07, 6.45) is 12.6. The average molecular weight is 449 g/mol. The standard InChI is InChI=1S/C27H24N6O/c1-3-24-23(12-19(14-28-2)18-11-20(34)16-30-15-18)27(33-32-24)26-13-22-21(5-4-6-25(22)31-26)17-7-9-29-10-8-17/h3-16,28,31-32,34H,1-2H3/b19-14+,23-12+,24-3-. The third-order valence-corrected chi connectivity index (χ3v) is 5.69. The number of nitrogens with zero attached hydrogens (tertiary/aromatic N) is 3. The summed E-state index contributed by atoms with van der Waals surface area (Å²) in [5.41, 5.74) is 6.64. The molecule has 7 nitrogen and oxygen atoms in total. The maximum atomic E-state index is 9.93. The molecular weight excluding hydrogens is 424 g/mol. The van der Waals surface area contributed by atoms with Gasteiger partial charge >= 0.3 is 0 Å². The highest BCUT2D eigenvalue weighted by molar-refractivity contribution is 5.98. The molecule has 7 heteroatoms. The maximum Gasteiger partial charge on any atom is 0.134 e. The van der Waals surface area contributed by atoms with Crippen molar-refractivity contribution in [3.63, 3.8) is 0 Å². The van der Waals surface area contributed by atoms with Gasteiger partial charge in [0.05, 0.1) is 17.2 Å². The van der Waals surface area contributed by atoms with Gasteiger partial charge in [-0.15, -0.1) is 0 Å².